The maximum atomic E-state index is 12.5. The number of rotatable bonds is 5. The van der Waals surface area contributed by atoms with Gasteiger partial charge in [-0.15, -0.1) is 0 Å². The van der Waals surface area contributed by atoms with Gasteiger partial charge in [0.2, 0.25) is 5.91 Å². The van der Waals surface area contributed by atoms with Crippen molar-refractivity contribution in [2.75, 3.05) is 13.1 Å². The van der Waals surface area contributed by atoms with E-state index in [-0.39, 0.29) is 11.9 Å². The monoisotopic (exact) mass is 340 g/mol. The van der Waals surface area contributed by atoms with Gasteiger partial charge in [0.15, 0.2) is 0 Å². The average Bonchev–Trinajstić information content (AvgIpc) is 3.15. The van der Waals surface area contributed by atoms with Crippen LogP contribution in [0.25, 0.3) is 0 Å². The molecule has 1 aliphatic heterocycles. The molecule has 0 bridgehead atoms. The average molecular weight is 340 g/mol. The normalized spacial score (nSPS) is 19.1. The van der Waals surface area contributed by atoms with Gasteiger partial charge in [0.05, 0.1) is 12.1 Å². The second-order valence-electron chi connectivity index (χ2n) is 7.08. The van der Waals surface area contributed by atoms with Crippen molar-refractivity contribution >= 4 is 5.91 Å². The SMILES string of the molecule is Cc1nn(C)c(C)c1CC(=O)N[C@H]1CCN([C@@H](C)c2ccccc2)C1. The second kappa shape index (κ2) is 7.40. The number of carbonyl (C=O) groups excluding carboxylic acids is 1. The van der Waals surface area contributed by atoms with Gasteiger partial charge in [0.1, 0.15) is 0 Å². The fraction of sp³-hybridized carbons (Fsp3) is 0.500. The zero-order chi connectivity index (χ0) is 18.0. The molecule has 0 spiro atoms. The predicted molar refractivity (Wildman–Crippen MR) is 99.4 cm³/mol. The number of aryl methyl sites for hydroxylation is 2. The van der Waals surface area contributed by atoms with Crippen molar-refractivity contribution in [1.82, 2.24) is 20.0 Å². The van der Waals surface area contributed by atoms with E-state index in [1.54, 1.807) is 0 Å². The molecule has 2 aromatic rings. The molecule has 1 saturated heterocycles. The van der Waals surface area contributed by atoms with Crippen LogP contribution in [-0.4, -0.2) is 39.7 Å². The van der Waals surface area contributed by atoms with Crippen LogP contribution in [0.4, 0.5) is 0 Å². The number of benzene rings is 1. The Balaban J connectivity index is 1.55. The summed E-state index contributed by atoms with van der Waals surface area (Å²) in [6, 6.07) is 11.2. The Labute approximate surface area is 150 Å². The molecule has 1 N–H and O–H groups in total. The van der Waals surface area contributed by atoms with E-state index in [1.807, 2.05) is 31.6 Å². The first kappa shape index (κ1) is 17.7. The quantitative estimate of drug-likeness (QED) is 0.910. The summed E-state index contributed by atoms with van der Waals surface area (Å²) in [6.45, 7) is 8.15. The fourth-order valence-corrected chi connectivity index (χ4v) is 3.71. The first-order chi connectivity index (χ1) is 12.0. The van der Waals surface area contributed by atoms with E-state index >= 15 is 0 Å². The molecule has 5 heteroatoms. The minimum atomic E-state index is 0.0958. The molecule has 1 aliphatic rings. The van der Waals surface area contributed by atoms with E-state index in [0.29, 0.717) is 12.5 Å². The molecular formula is C20H28N4O. The smallest absolute Gasteiger partial charge is 0.224 e. The maximum Gasteiger partial charge on any atom is 0.224 e. The molecule has 1 amide bonds. The number of hydrogen-bond acceptors (Lipinski definition) is 3. The molecule has 5 nitrogen and oxygen atoms in total. The Morgan fingerprint density at radius 2 is 2.04 bits per heavy atom. The largest absolute Gasteiger partial charge is 0.352 e. The van der Waals surface area contributed by atoms with Gasteiger partial charge < -0.3 is 5.32 Å². The van der Waals surface area contributed by atoms with Gasteiger partial charge in [-0.3, -0.25) is 14.4 Å². The molecule has 1 aromatic carbocycles. The molecule has 0 radical (unpaired) electrons. The number of hydrogen-bond donors (Lipinski definition) is 1. The summed E-state index contributed by atoms with van der Waals surface area (Å²) in [5.74, 6) is 0.0958. The maximum absolute atomic E-state index is 12.5. The van der Waals surface area contributed by atoms with E-state index in [0.717, 1.165) is 36.5 Å². The van der Waals surface area contributed by atoms with E-state index in [1.165, 1.54) is 5.56 Å². The minimum absolute atomic E-state index is 0.0958. The van der Waals surface area contributed by atoms with Gasteiger partial charge in [-0.1, -0.05) is 30.3 Å². The number of likely N-dealkylation sites (tertiary alicyclic amines) is 1. The van der Waals surface area contributed by atoms with Crippen molar-refractivity contribution < 1.29 is 4.79 Å². The molecule has 0 unspecified atom stereocenters. The highest BCUT2D eigenvalue weighted by molar-refractivity contribution is 5.79. The van der Waals surface area contributed by atoms with Crippen LogP contribution in [0, 0.1) is 13.8 Å². The van der Waals surface area contributed by atoms with Crippen molar-refractivity contribution in [3.8, 4) is 0 Å². The lowest BCUT2D eigenvalue weighted by atomic mass is 10.1. The lowest BCUT2D eigenvalue weighted by molar-refractivity contribution is -0.121. The molecule has 25 heavy (non-hydrogen) atoms. The Hall–Kier alpha value is -2.14. The zero-order valence-electron chi connectivity index (χ0n) is 15.6. The summed E-state index contributed by atoms with van der Waals surface area (Å²) in [5, 5.41) is 7.60. The third kappa shape index (κ3) is 3.93. The van der Waals surface area contributed by atoms with Crippen LogP contribution in [0.15, 0.2) is 30.3 Å². The Kier molecular flexibility index (Phi) is 5.23. The fourth-order valence-electron chi connectivity index (χ4n) is 3.71. The first-order valence-electron chi connectivity index (χ1n) is 9.03. The van der Waals surface area contributed by atoms with Gasteiger partial charge >= 0.3 is 0 Å². The highest BCUT2D eigenvalue weighted by Crippen LogP contribution is 2.24. The number of nitrogens with zero attached hydrogens (tertiary/aromatic N) is 3. The van der Waals surface area contributed by atoms with Gasteiger partial charge in [-0.05, 0) is 32.8 Å². The van der Waals surface area contributed by atoms with Crippen LogP contribution >= 0.6 is 0 Å². The Bertz CT molecular complexity index is 738. The summed E-state index contributed by atoms with van der Waals surface area (Å²) in [6.07, 6.45) is 1.42. The topological polar surface area (TPSA) is 50.2 Å². The van der Waals surface area contributed by atoms with Crippen LogP contribution in [0.3, 0.4) is 0 Å². The van der Waals surface area contributed by atoms with E-state index in [4.69, 9.17) is 0 Å². The molecule has 0 aliphatic carbocycles. The molecule has 1 fully saturated rings. The van der Waals surface area contributed by atoms with Crippen molar-refractivity contribution in [3.63, 3.8) is 0 Å². The van der Waals surface area contributed by atoms with Crippen LogP contribution in [0.5, 0.6) is 0 Å². The Morgan fingerprint density at radius 3 is 2.68 bits per heavy atom. The number of aromatic nitrogens is 2. The van der Waals surface area contributed by atoms with Crippen LogP contribution < -0.4 is 5.32 Å². The van der Waals surface area contributed by atoms with Crippen molar-refractivity contribution in [1.29, 1.82) is 0 Å². The summed E-state index contributed by atoms with van der Waals surface area (Å²) >= 11 is 0. The predicted octanol–water partition coefficient (Wildman–Crippen LogP) is 2.53. The lowest BCUT2D eigenvalue weighted by Gasteiger charge is -2.24. The van der Waals surface area contributed by atoms with Crippen molar-refractivity contribution in [2.45, 2.75) is 45.7 Å². The molecule has 2 heterocycles. The second-order valence-corrected chi connectivity index (χ2v) is 7.08. The van der Waals surface area contributed by atoms with Gasteiger partial charge in [0.25, 0.3) is 0 Å². The highest BCUT2D eigenvalue weighted by Gasteiger charge is 2.28. The van der Waals surface area contributed by atoms with E-state index in [9.17, 15) is 4.79 Å². The van der Waals surface area contributed by atoms with Gasteiger partial charge in [-0.2, -0.15) is 5.10 Å². The molecule has 2 atom stereocenters. The standard InChI is InChI=1S/C20H28N4O/c1-14-19(16(3)23(4)22-14)12-20(25)21-18-10-11-24(13-18)15(2)17-8-6-5-7-9-17/h5-9,15,18H,10-13H2,1-4H3,(H,21,25)/t15-,18-/m0/s1. The molecule has 1 aromatic heterocycles. The van der Waals surface area contributed by atoms with Crippen molar-refractivity contribution in [2.24, 2.45) is 7.05 Å². The van der Waals surface area contributed by atoms with E-state index in [2.05, 4.69) is 46.5 Å². The summed E-state index contributed by atoms with van der Waals surface area (Å²) < 4.78 is 1.84. The molecule has 134 valence electrons. The summed E-state index contributed by atoms with van der Waals surface area (Å²) in [4.78, 5) is 14.9. The lowest BCUT2D eigenvalue weighted by Crippen LogP contribution is -2.38. The molecule has 0 saturated carbocycles. The molecule has 3 rings (SSSR count). The number of nitrogens with one attached hydrogen (secondary N) is 1. The first-order valence-corrected chi connectivity index (χ1v) is 9.03. The third-order valence-electron chi connectivity index (χ3n) is 5.41. The van der Waals surface area contributed by atoms with Crippen LogP contribution in [0.1, 0.15) is 41.9 Å². The van der Waals surface area contributed by atoms with E-state index < -0.39 is 0 Å². The number of carbonyl (C=O) groups is 1. The van der Waals surface area contributed by atoms with Crippen LogP contribution in [0.2, 0.25) is 0 Å². The van der Waals surface area contributed by atoms with Crippen molar-refractivity contribution in [3.05, 3.63) is 52.8 Å². The Morgan fingerprint density at radius 1 is 1.32 bits per heavy atom. The number of amides is 1. The highest BCUT2D eigenvalue weighted by atomic mass is 16.1. The van der Waals surface area contributed by atoms with Gasteiger partial charge in [0, 0.05) is 43.5 Å². The summed E-state index contributed by atoms with van der Waals surface area (Å²) in [7, 11) is 1.92. The zero-order valence-corrected chi connectivity index (χ0v) is 15.6. The van der Waals surface area contributed by atoms with Gasteiger partial charge in [-0.25, -0.2) is 0 Å². The third-order valence-corrected chi connectivity index (χ3v) is 5.41. The minimum Gasteiger partial charge on any atom is -0.352 e. The molecular weight excluding hydrogens is 312 g/mol. The summed E-state index contributed by atoms with van der Waals surface area (Å²) in [5.41, 5.74) is 4.39. The van der Waals surface area contributed by atoms with Crippen LogP contribution in [-0.2, 0) is 18.3 Å².